The highest BCUT2D eigenvalue weighted by Crippen LogP contribution is 2.37. The highest BCUT2D eigenvalue weighted by atomic mass is 16.5. The number of esters is 1. The summed E-state index contributed by atoms with van der Waals surface area (Å²) < 4.78 is 17.1. The van der Waals surface area contributed by atoms with E-state index in [0.29, 0.717) is 28.4 Å². The molecule has 0 fully saturated rings. The Labute approximate surface area is 178 Å². The number of aromatic nitrogens is 1. The standard InChI is InChI=1S/C22H20N4O5/c1-29-17-10-16(26-12-14(11-23)19(24)20(26)22(28)31-3)18(30-2)9-15(17)25-21(27)13-7-5-4-6-8-13/h4-10,12H,24H2,1-3H3,(H,25,27). The van der Waals surface area contributed by atoms with Crippen molar-refractivity contribution in [2.24, 2.45) is 0 Å². The van der Waals surface area contributed by atoms with Crippen molar-refractivity contribution in [1.29, 1.82) is 5.26 Å². The lowest BCUT2D eigenvalue weighted by Crippen LogP contribution is -2.14. The van der Waals surface area contributed by atoms with Gasteiger partial charge in [0.1, 0.15) is 17.6 Å². The van der Waals surface area contributed by atoms with Gasteiger partial charge in [0, 0.05) is 23.9 Å². The molecule has 0 unspecified atom stereocenters. The van der Waals surface area contributed by atoms with E-state index in [1.54, 1.807) is 36.4 Å². The third kappa shape index (κ3) is 4.00. The number of nitrogens with zero attached hydrogens (tertiary/aromatic N) is 2. The fourth-order valence-electron chi connectivity index (χ4n) is 3.06. The summed E-state index contributed by atoms with van der Waals surface area (Å²) in [6, 6.07) is 13.8. The minimum absolute atomic E-state index is 0.0168. The van der Waals surface area contributed by atoms with E-state index in [1.807, 2.05) is 12.1 Å². The van der Waals surface area contributed by atoms with Crippen LogP contribution in [0, 0.1) is 11.3 Å². The van der Waals surface area contributed by atoms with Crippen molar-refractivity contribution in [2.45, 2.75) is 0 Å². The molecule has 1 amide bonds. The molecule has 0 saturated carbocycles. The Morgan fingerprint density at radius 3 is 2.32 bits per heavy atom. The van der Waals surface area contributed by atoms with Crippen LogP contribution in [0.3, 0.4) is 0 Å². The number of hydrogen-bond donors (Lipinski definition) is 2. The molecule has 1 aromatic heterocycles. The van der Waals surface area contributed by atoms with E-state index in [-0.39, 0.29) is 22.9 Å². The highest BCUT2D eigenvalue weighted by molar-refractivity contribution is 6.05. The van der Waals surface area contributed by atoms with Gasteiger partial charge in [-0.1, -0.05) is 18.2 Å². The fourth-order valence-corrected chi connectivity index (χ4v) is 3.06. The zero-order valence-electron chi connectivity index (χ0n) is 17.1. The van der Waals surface area contributed by atoms with Gasteiger partial charge < -0.3 is 29.8 Å². The van der Waals surface area contributed by atoms with Crippen LogP contribution in [0.1, 0.15) is 26.4 Å². The number of nitrogens with two attached hydrogens (primary N) is 1. The Morgan fingerprint density at radius 2 is 1.74 bits per heavy atom. The molecule has 0 atom stereocenters. The topological polar surface area (TPSA) is 129 Å². The van der Waals surface area contributed by atoms with Crippen molar-refractivity contribution in [3.8, 4) is 23.3 Å². The number of amides is 1. The van der Waals surface area contributed by atoms with Gasteiger partial charge in [0.15, 0.2) is 5.69 Å². The number of ether oxygens (including phenoxy) is 3. The lowest BCUT2D eigenvalue weighted by molar-refractivity contribution is 0.0592. The maximum atomic E-state index is 12.6. The highest BCUT2D eigenvalue weighted by Gasteiger charge is 2.25. The number of methoxy groups -OCH3 is 3. The van der Waals surface area contributed by atoms with E-state index in [9.17, 15) is 14.9 Å². The molecular formula is C22H20N4O5. The molecule has 9 heteroatoms. The van der Waals surface area contributed by atoms with Crippen LogP contribution in [0.5, 0.6) is 11.5 Å². The second kappa shape index (κ2) is 8.92. The van der Waals surface area contributed by atoms with Crippen molar-refractivity contribution in [2.75, 3.05) is 32.4 Å². The minimum atomic E-state index is -0.721. The van der Waals surface area contributed by atoms with E-state index in [0.717, 1.165) is 0 Å². The lowest BCUT2D eigenvalue weighted by atomic mass is 10.2. The van der Waals surface area contributed by atoms with Crippen LogP contribution in [-0.4, -0.2) is 37.8 Å². The quantitative estimate of drug-likeness (QED) is 0.587. The first-order valence-corrected chi connectivity index (χ1v) is 9.07. The van der Waals surface area contributed by atoms with Gasteiger partial charge in [0.05, 0.1) is 44.0 Å². The fraction of sp³-hybridized carbons (Fsp3) is 0.136. The predicted octanol–water partition coefficient (Wildman–Crippen LogP) is 2.99. The van der Waals surface area contributed by atoms with Gasteiger partial charge in [-0.25, -0.2) is 4.79 Å². The normalized spacial score (nSPS) is 10.1. The largest absolute Gasteiger partial charge is 0.494 e. The number of nitrogen functional groups attached to an aromatic ring is 1. The van der Waals surface area contributed by atoms with Gasteiger partial charge in [-0.15, -0.1) is 0 Å². The molecule has 0 radical (unpaired) electrons. The summed E-state index contributed by atoms with van der Waals surface area (Å²) in [5, 5.41) is 12.1. The van der Waals surface area contributed by atoms with Crippen LogP contribution in [0.25, 0.3) is 5.69 Å². The zero-order chi connectivity index (χ0) is 22.5. The van der Waals surface area contributed by atoms with Crippen LogP contribution in [0.15, 0.2) is 48.7 Å². The van der Waals surface area contributed by atoms with Gasteiger partial charge in [-0.2, -0.15) is 5.26 Å². The van der Waals surface area contributed by atoms with E-state index < -0.39 is 5.97 Å². The van der Waals surface area contributed by atoms with E-state index in [1.165, 1.54) is 32.1 Å². The van der Waals surface area contributed by atoms with Crippen molar-refractivity contribution >= 4 is 23.3 Å². The number of anilines is 2. The smallest absolute Gasteiger partial charge is 0.357 e. The first kappa shape index (κ1) is 21.3. The second-order valence-corrected chi connectivity index (χ2v) is 6.32. The van der Waals surface area contributed by atoms with Gasteiger partial charge >= 0.3 is 5.97 Å². The Bertz CT molecular complexity index is 1180. The van der Waals surface area contributed by atoms with Crippen molar-refractivity contribution in [3.63, 3.8) is 0 Å². The number of hydrogen-bond acceptors (Lipinski definition) is 7. The molecule has 31 heavy (non-hydrogen) atoms. The first-order chi connectivity index (χ1) is 14.9. The maximum Gasteiger partial charge on any atom is 0.357 e. The van der Waals surface area contributed by atoms with Gasteiger partial charge in [0.2, 0.25) is 0 Å². The molecule has 158 valence electrons. The third-order valence-electron chi connectivity index (χ3n) is 4.59. The summed E-state index contributed by atoms with van der Waals surface area (Å²) in [5.41, 5.74) is 7.23. The molecule has 0 bridgehead atoms. The van der Waals surface area contributed by atoms with Gasteiger partial charge in [-0.3, -0.25) is 4.79 Å². The van der Waals surface area contributed by atoms with Crippen LogP contribution < -0.4 is 20.5 Å². The molecule has 0 saturated heterocycles. The van der Waals surface area contributed by atoms with Gasteiger partial charge in [0.25, 0.3) is 5.91 Å². The number of carbonyl (C=O) groups excluding carboxylic acids is 2. The van der Waals surface area contributed by atoms with E-state index >= 15 is 0 Å². The first-order valence-electron chi connectivity index (χ1n) is 9.07. The predicted molar refractivity (Wildman–Crippen MR) is 114 cm³/mol. The molecule has 3 aromatic rings. The number of benzene rings is 2. The molecule has 0 spiro atoms. The number of nitriles is 1. The zero-order valence-corrected chi connectivity index (χ0v) is 17.1. The number of carbonyl (C=O) groups is 2. The molecule has 2 aromatic carbocycles. The SMILES string of the molecule is COC(=O)c1c(N)c(C#N)cn1-c1cc(OC)c(NC(=O)c2ccccc2)cc1OC. The van der Waals surface area contributed by atoms with Crippen molar-refractivity contribution < 1.29 is 23.8 Å². The Balaban J connectivity index is 2.13. The molecule has 1 heterocycles. The average molecular weight is 420 g/mol. The third-order valence-corrected chi connectivity index (χ3v) is 4.59. The molecule has 0 aliphatic carbocycles. The summed E-state index contributed by atoms with van der Waals surface area (Å²) in [6.45, 7) is 0. The van der Waals surface area contributed by atoms with Crippen molar-refractivity contribution in [3.05, 3.63) is 65.5 Å². The molecule has 3 rings (SSSR count). The summed E-state index contributed by atoms with van der Waals surface area (Å²) in [5.74, 6) is -0.446. The molecule has 0 aliphatic heterocycles. The van der Waals surface area contributed by atoms with Crippen LogP contribution in [-0.2, 0) is 4.74 Å². The van der Waals surface area contributed by atoms with Crippen LogP contribution >= 0.6 is 0 Å². The van der Waals surface area contributed by atoms with E-state index in [2.05, 4.69) is 5.32 Å². The number of nitrogens with one attached hydrogen (secondary N) is 1. The lowest BCUT2D eigenvalue weighted by Gasteiger charge is -2.17. The van der Waals surface area contributed by atoms with Gasteiger partial charge in [-0.05, 0) is 12.1 Å². The Hall–Kier alpha value is -4.45. The second-order valence-electron chi connectivity index (χ2n) is 6.32. The number of rotatable bonds is 6. The van der Waals surface area contributed by atoms with Crippen LogP contribution in [0.4, 0.5) is 11.4 Å². The van der Waals surface area contributed by atoms with Crippen LogP contribution in [0.2, 0.25) is 0 Å². The monoisotopic (exact) mass is 420 g/mol. The Morgan fingerprint density at radius 1 is 1.06 bits per heavy atom. The molecule has 0 aliphatic rings. The molecule has 3 N–H and O–H groups in total. The summed E-state index contributed by atoms with van der Waals surface area (Å²) in [4.78, 5) is 24.9. The van der Waals surface area contributed by atoms with Crippen molar-refractivity contribution in [1.82, 2.24) is 4.57 Å². The maximum absolute atomic E-state index is 12.6. The van der Waals surface area contributed by atoms with E-state index in [4.69, 9.17) is 19.9 Å². The Kier molecular flexibility index (Phi) is 6.12. The summed E-state index contributed by atoms with van der Waals surface area (Å²) in [7, 11) is 4.09. The summed E-state index contributed by atoms with van der Waals surface area (Å²) in [6.07, 6.45) is 1.40. The average Bonchev–Trinajstić information content (AvgIpc) is 3.14. The molecule has 9 nitrogen and oxygen atoms in total. The molecular weight excluding hydrogens is 400 g/mol. The minimum Gasteiger partial charge on any atom is -0.494 e. The summed E-state index contributed by atoms with van der Waals surface area (Å²) >= 11 is 0.